The van der Waals surface area contributed by atoms with E-state index >= 15 is 0 Å². The van der Waals surface area contributed by atoms with E-state index in [4.69, 9.17) is 10.5 Å². The summed E-state index contributed by atoms with van der Waals surface area (Å²) in [6.45, 7) is 0. The van der Waals surface area contributed by atoms with Crippen molar-refractivity contribution in [1.29, 1.82) is 10.5 Å². The van der Waals surface area contributed by atoms with E-state index < -0.39 is 17.4 Å². The predicted octanol–water partition coefficient (Wildman–Crippen LogP) is 2.35. The van der Waals surface area contributed by atoms with Crippen molar-refractivity contribution in [3.8, 4) is 12.1 Å². The third kappa shape index (κ3) is 1.49. The van der Waals surface area contributed by atoms with Gasteiger partial charge in [-0.2, -0.15) is 10.5 Å². The van der Waals surface area contributed by atoms with Gasteiger partial charge in [-0.1, -0.05) is 0 Å². The zero-order chi connectivity index (χ0) is 12.6. The van der Waals surface area contributed by atoms with Gasteiger partial charge in [0.2, 0.25) is 0 Å². The third-order valence-corrected chi connectivity index (χ3v) is 2.56. The Kier molecular flexibility index (Phi) is 2.45. The molecule has 0 aliphatic heterocycles. The highest BCUT2D eigenvalue weighted by Crippen LogP contribution is 2.36. The molecule has 0 aromatic heterocycles. The van der Waals surface area contributed by atoms with Gasteiger partial charge in [-0.15, -0.1) is 0 Å². The number of nitrogens with zero attached hydrogens (tertiary/aromatic N) is 2. The molecule has 0 spiro atoms. The molecule has 0 saturated heterocycles. The van der Waals surface area contributed by atoms with Gasteiger partial charge in [0.05, 0.1) is 0 Å². The summed E-state index contributed by atoms with van der Waals surface area (Å²) in [6.07, 6.45) is -0.244. The number of carbonyl (C=O) groups is 1. The maximum absolute atomic E-state index is 13.6. The highest BCUT2D eigenvalue weighted by atomic mass is 19.2. The molecule has 1 aliphatic rings. The summed E-state index contributed by atoms with van der Waals surface area (Å²) in [5, 5.41) is 17.4. The maximum atomic E-state index is 13.6. The van der Waals surface area contributed by atoms with Crippen molar-refractivity contribution in [2.45, 2.75) is 6.42 Å². The van der Waals surface area contributed by atoms with Crippen LogP contribution in [0.4, 0.5) is 8.78 Å². The quantitative estimate of drug-likeness (QED) is 0.642. The van der Waals surface area contributed by atoms with Crippen LogP contribution in [0.3, 0.4) is 0 Å². The van der Waals surface area contributed by atoms with Crippen LogP contribution in [0.2, 0.25) is 0 Å². The lowest BCUT2D eigenvalue weighted by atomic mass is 10.0. The van der Waals surface area contributed by atoms with E-state index in [1.54, 1.807) is 12.1 Å². The Hall–Kier alpha value is -2.53. The normalized spacial score (nSPS) is 12.9. The molecule has 2 rings (SSSR count). The fourth-order valence-corrected chi connectivity index (χ4v) is 1.80. The van der Waals surface area contributed by atoms with Gasteiger partial charge in [0, 0.05) is 17.5 Å². The monoisotopic (exact) mass is 230 g/mol. The first-order valence-corrected chi connectivity index (χ1v) is 4.65. The number of nitriles is 2. The number of ketones is 1. The molecule has 0 saturated carbocycles. The minimum atomic E-state index is -1.19. The van der Waals surface area contributed by atoms with Crippen molar-refractivity contribution < 1.29 is 13.6 Å². The number of hydrogen-bond acceptors (Lipinski definition) is 3. The molecule has 17 heavy (non-hydrogen) atoms. The highest BCUT2D eigenvalue weighted by Gasteiger charge is 2.31. The number of halogens is 2. The minimum Gasteiger partial charge on any atom is -0.294 e. The largest absolute Gasteiger partial charge is 0.294 e. The van der Waals surface area contributed by atoms with Gasteiger partial charge in [-0.25, -0.2) is 8.78 Å². The molecule has 0 heterocycles. The number of rotatable bonds is 0. The fraction of sp³-hybridized carbons (Fsp3) is 0.0833. The molecule has 1 aromatic rings. The lowest BCUT2D eigenvalue weighted by molar-refractivity contribution is 0.100. The second kappa shape index (κ2) is 3.80. The molecule has 3 nitrogen and oxygen atoms in total. The number of benzene rings is 1. The second-order valence-corrected chi connectivity index (χ2v) is 3.46. The van der Waals surface area contributed by atoms with Crippen LogP contribution in [0.25, 0.3) is 5.57 Å². The molecule has 0 radical (unpaired) electrons. The van der Waals surface area contributed by atoms with Gasteiger partial charge in [0.25, 0.3) is 0 Å². The van der Waals surface area contributed by atoms with Crippen LogP contribution < -0.4 is 0 Å². The number of carbonyl (C=O) groups excluding carboxylic acids is 1. The highest BCUT2D eigenvalue weighted by molar-refractivity contribution is 6.13. The van der Waals surface area contributed by atoms with E-state index in [2.05, 4.69) is 0 Å². The van der Waals surface area contributed by atoms with Crippen LogP contribution in [0.5, 0.6) is 0 Å². The Morgan fingerprint density at radius 1 is 1.24 bits per heavy atom. The summed E-state index contributed by atoms with van der Waals surface area (Å²) in [7, 11) is 0. The van der Waals surface area contributed by atoms with E-state index in [-0.39, 0.29) is 28.7 Å². The summed E-state index contributed by atoms with van der Waals surface area (Å²) < 4.78 is 26.7. The second-order valence-electron chi connectivity index (χ2n) is 3.46. The first-order chi connectivity index (χ1) is 8.10. The number of fused-ring (bicyclic) bond motifs is 1. The molecule has 0 bridgehead atoms. The summed E-state index contributed by atoms with van der Waals surface area (Å²) >= 11 is 0. The van der Waals surface area contributed by atoms with Crippen LogP contribution >= 0.6 is 0 Å². The standard InChI is InChI=1S/C12H4F2N2O/c13-9-2-1-7-10(17)3-8(6(4-15)5-16)11(7)12(9)14/h1-2H,3H2. The van der Waals surface area contributed by atoms with Crippen LogP contribution in [0, 0.1) is 34.3 Å². The maximum Gasteiger partial charge on any atom is 0.168 e. The van der Waals surface area contributed by atoms with Crippen molar-refractivity contribution >= 4 is 11.4 Å². The topological polar surface area (TPSA) is 64.7 Å². The van der Waals surface area contributed by atoms with Crippen molar-refractivity contribution in [2.75, 3.05) is 0 Å². The third-order valence-electron chi connectivity index (χ3n) is 2.56. The van der Waals surface area contributed by atoms with E-state index in [9.17, 15) is 13.6 Å². The van der Waals surface area contributed by atoms with Gasteiger partial charge in [-0.3, -0.25) is 4.79 Å². The summed E-state index contributed by atoms with van der Waals surface area (Å²) in [4.78, 5) is 11.5. The first-order valence-electron chi connectivity index (χ1n) is 4.65. The van der Waals surface area contributed by atoms with Crippen molar-refractivity contribution in [3.63, 3.8) is 0 Å². The van der Waals surface area contributed by atoms with E-state index in [1.165, 1.54) is 0 Å². The van der Waals surface area contributed by atoms with E-state index in [0.29, 0.717) is 0 Å². The number of allylic oxidation sites excluding steroid dienone is 2. The molecule has 0 N–H and O–H groups in total. The molecule has 82 valence electrons. The Labute approximate surface area is 95.2 Å². The van der Waals surface area contributed by atoms with Crippen molar-refractivity contribution in [1.82, 2.24) is 0 Å². The zero-order valence-corrected chi connectivity index (χ0v) is 8.42. The Bertz CT molecular complexity index is 632. The smallest absolute Gasteiger partial charge is 0.168 e. The van der Waals surface area contributed by atoms with Crippen LogP contribution in [0.1, 0.15) is 22.3 Å². The Morgan fingerprint density at radius 3 is 2.47 bits per heavy atom. The van der Waals surface area contributed by atoms with Crippen LogP contribution in [-0.4, -0.2) is 5.78 Å². The summed E-state index contributed by atoms with van der Waals surface area (Å²) in [6, 6.07) is 5.17. The van der Waals surface area contributed by atoms with Gasteiger partial charge in [0.1, 0.15) is 17.7 Å². The lowest BCUT2D eigenvalue weighted by Crippen LogP contribution is -1.96. The average Bonchev–Trinajstić information content (AvgIpc) is 2.64. The molecule has 0 fully saturated rings. The predicted molar refractivity (Wildman–Crippen MR) is 53.5 cm³/mol. The molecule has 1 aliphatic carbocycles. The van der Waals surface area contributed by atoms with Gasteiger partial charge >= 0.3 is 0 Å². The summed E-state index contributed by atoms with van der Waals surface area (Å²) in [5.74, 6) is -2.71. The molecular formula is C12H4F2N2O. The Morgan fingerprint density at radius 2 is 1.88 bits per heavy atom. The molecule has 0 unspecified atom stereocenters. The molecule has 5 heteroatoms. The van der Waals surface area contributed by atoms with Crippen LogP contribution in [0.15, 0.2) is 17.7 Å². The molecule has 0 atom stereocenters. The average molecular weight is 230 g/mol. The molecule has 1 aromatic carbocycles. The first kappa shape index (κ1) is 11.0. The van der Waals surface area contributed by atoms with E-state index in [1.807, 2.05) is 0 Å². The summed E-state index contributed by atoms with van der Waals surface area (Å²) in [5.41, 5.74) is -0.636. The number of Topliss-reactive ketones (excluding diaryl/α,β-unsaturated/α-hetero) is 1. The van der Waals surface area contributed by atoms with Crippen molar-refractivity contribution in [2.24, 2.45) is 0 Å². The SMILES string of the molecule is N#CC(C#N)=C1CC(=O)c2ccc(F)c(F)c21. The van der Waals surface area contributed by atoms with Gasteiger partial charge < -0.3 is 0 Å². The van der Waals surface area contributed by atoms with Crippen LogP contribution in [-0.2, 0) is 0 Å². The van der Waals surface area contributed by atoms with E-state index in [0.717, 1.165) is 12.1 Å². The number of hydrogen-bond donors (Lipinski definition) is 0. The van der Waals surface area contributed by atoms with Crippen molar-refractivity contribution in [3.05, 3.63) is 40.5 Å². The Balaban J connectivity index is 2.84. The van der Waals surface area contributed by atoms with Gasteiger partial charge in [0.15, 0.2) is 17.4 Å². The fourth-order valence-electron chi connectivity index (χ4n) is 1.80. The molecular weight excluding hydrogens is 226 g/mol. The molecule has 0 amide bonds. The van der Waals surface area contributed by atoms with Gasteiger partial charge in [-0.05, 0) is 17.7 Å². The zero-order valence-electron chi connectivity index (χ0n) is 8.42. The minimum absolute atomic E-state index is 0.0156. The lowest BCUT2D eigenvalue weighted by Gasteiger charge is -2.02.